The lowest BCUT2D eigenvalue weighted by Crippen LogP contribution is -2.28. The summed E-state index contributed by atoms with van der Waals surface area (Å²) in [6, 6.07) is 14.7. The van der Waals surface area contributed by atoms with Crippen molar-refractivity contribution in [3.63, 3.8) is 0 Å². The molecule has 0 aliphatic rings. The van der Waals surface area contributed by atoms with Gasteiger partial charge in [-0.1, -0.05) is 30.3 Å². The highest BCUT2D eigenvalue weighted by atomic mass is 16.5. The van der Waals surface area contributed by atoms with Crippen molar-refractivity contribution in [2.45, 2.75) is 13.5 Å². The van der Waals surface area contributed by atoms with Crippen molar-refractivity contribution in [2.24, 2.45) is 0 Å². The van der Waals surface area contributed by atoms with Gasteiger partial charge in [0.1, 0.15) is 0 Å². The largest absolute Gasteiger partial charge is 0.493 e. The molecule has 5 heteroatoms. The van der Waals surface area contributed by atoms with E-state index >= 15 is 0 Å². The number of rotatable bonds is 6. The second-order valence-corrected chi connectivity index (χ2v) is 4.59. The number of hydrogen-bond acceptors (Lipinski definition) is 3. The summed E-state index contributed by atoms with van der Waals surface area (Å²) < 4.78 is 10.7. The first-order chi connectivity index (χ1) is 10.7. The number of carbonyl (C=O) groups is 1. The van der Waals surface area contributed by atoms with Gasteiger partial charge in [-0.15, -0.1) is 0 Å². The number of amides is 2. The lowest BCUT2D eigenvalue weighted by molar-refractivity contribution is 0.251. The van der Waals surface area contributed by atoms with Gasteiger partial charge in [-0.2, -0.15) is 0 Å². The van der Waals surface area contributed by atoms with Gasteiger partial charge in [0.2, 0.25) is 0 Å². The van der Waals surface area contributed by atoms with Gasteiger partial charge in [-0.05, 0) is 24.6 Å². The van der Waals surface area contributed by atoms with E-state index in [2.05, 4.69) is 10.6 Å². The number of carbonyl (C=O) groups excluding carboxylic acids is 1. The Labute approximate surface area is 130 Å². The highest BCUT2D eigenvalue weighted by Crippen LogP contribution is 2.30. The van der Waals surface area contributed by atoms with Gasteiger partial charge in [0.05, 0.1) is 13.7 Å². The van der Waals surface area contributed by atoms with Crippen molar-refractivity contribution in [1.29, 1.82) is 0 Å². The van der Waals surface area contributed by atoms with E-state index in [0.29, 0.717) is 30.3 Å². The molecule has 0 atom stereocenters. The Morgan fingerprint density at radius 3 is 2.55 bits per heavy atom. The maximum Gasteiger partial charge on any atom is 0.319 e. The smallest absolute Gasteiger partial charge is 0.319 e. The maximum absolute atomic E-state index is 11.9. The fraction of sp³-hybridized carbons (Fsp3) is 0.235. The summed E-state index contributed by atoms with van der Waals surface area (Å²) in [6.07, 6.45) is 0. The van der Waals surface area contributed by atoms with Crippen molar-refractivity contribution >= 4 is 11.7 Å². The normalized spacial score (nSPS) is 9.91. The number of anilines is 1. The van der Waals surface area contributed by atoms with Crippen LogP contribution in [0.2, 0.25) is 0 Å². The molecule has 0 radical (unpaired) electrons. The standard InChI is InChI=1S/C17H20N2O3/c1-3-22-16-11-14(9-10-15(16)21-2)19-17(20)18-12-13-7-5-4-6-8-13/h4-11H,3,12H2,1-2H3,(H2,18,19,20). The van der Waals surface area contributed by atoms with E-state index in [4.69, 9.17) is 9.47 Å². The van der Waals surface area contributed by atoms with Crippen LogP contribution in [-0.4, -0.2) is 19.7 Å². The Morgan fingerprint density at radius 2 is 1.86 bits per heavy atom. The monoisotopic (exact) mass is 300 g/mol. The maximum atomic E-state index is 11.9. The zero-order valence-electron chi connectivity index (χ0n) is 12.8. The van der Waals surface area contributed by atoms with E-state index in [-0.39, 0.29) is 6.03 Å². The number of methoxy groups -OCH3 is 1. The van der Waals surface area contributed by atoms with Crippen LogP contribution in [0.5, 0.6) is 11.5 Å². The van der Waals surface area contributed by atoms with Crippen LogP contribution in [0.4, 0.5) is 10.5 Å². The lowest BCUT2D eigenvalue weighted by atomic mass is 10.2. The molecular weight excluding hydrogens is 280 g/mol. The Kier molecular flexibility index (Phi) is 5.65. The zero-order chi connectivity index (χ0) is 15.8. The van der Waals surface area contributed by atoms with Crippen molar-refractivity contribution in [3.8, 4) is 11.5 Å². The molecule has 0 aliphatic carbocycles. The van der Waals surface area contributed by atoms with Crippen molar-refractivity contribution in [3.05, 3.63) is 54.1 Å². The molecule has 2 aromatic rings. The van der Waals surface area contributed by atoms with Gasteiger partial charge in [0.15, 0.2) is 11.5 Å². The second kappa shape index (κ2) is 7.93. The Hall–Kier alpha value is -2.69. The fourth-order valence-corrected chi connectivity index (χ4v) is 1.98. The van der Waals surface area contributed by atoms with Crippen LogP contribution >= 0.6 is 0 Å². The molecule has 0 fully saturated rings. The van der Waals surface area contributed by atoms with E-state index in [9.17, 15) is 4.79 Å². The van der Waals surface area contributed by atoms with E-state index < -0.39 is 0 Å². The van der Waals surface area contributed by atoms with Gasteiger partial charge >= 0.3 is 6.03 Å². The third kappa shape index (κ3) is 4.41. The van der Waals surface area contributed by atoms with Crippen molar-refractivity contribution in [1.82, 2.24) is 5.32 Å². The number of hydrogen-bond donors (Lipinski definition) is 2. The molecule has 2 amide bonds. The van der Waals surface area contributed by atoms with E-state index in [1.54, 1.807) is 25.3 Å². The summed E-state index contributed by atoms with van der Waals surface area (Å²) in [5, 5.41) is 5.58. The SMILES string of the molecule is CCOc1cc(NC(=O)NCc2ccccc2)ccc1OC. The molecule has 0 aromatic heterocycles. The molecule has 2 rings (SSSR count). The number of nitrogens with one attached hydrogen (secondary N) is 2. The summed E-state index contributed by atoms with van der Waals surface area (Å²) in [6.45, 7) is 2.90. The molecule has 0 aliphatic heterocycles. The van der Waals surface area contributed by atoms with Gasteiger partial charge < -0.3 is 20.1 Å². The molecule has 2 N–H and O–H groups in total. The summed E-state index contributed by atoms with van der Waals surface area (Å²) in [7, 11) is 1.58. The predicted molar refractivity (Wildman–Crippen MR) is 86.5 cm³/mol. The number of benzene rings is 2. The molecule has 0 spiro atoms. The Bertz CT molecular complexity index is 615. The summed E-state index contributed by atoms with van der Waals surface area (Å²) >= 11 is 0. The summed E-state index contributed by atoms with van der Waals surface area (Å²) in [5.74, 6) is 1.24. The van der Waals surface area contributed by atoms with E-state index in [1.165, 1.54) is 0 Å². The summed E-state index contributed by atoms with van der Waals surface area (Å²) in [5.41, 5.74) is 1.69. The summed E-state index contributed by atoms with van der Waals surface area (Å²) in [4.78, 5) is 11.9. The molecule has 0 heterocycles. The highest BCUT2D eigenvalue weighted by Gasteiger charge is 2.07. The lowest BCUT2D eigenvalue weighted by Gasteiger charge is -2.12. The van der Waals surface area contributed by atoms with Gasteiger partial charge in [0, 0.05) is 18.3 Å². The molecule has 2 aromatic carbocycles. The number of ether oxygens (including phenoxy) is 2. The fourth-order valence-electron chi connectivity index (χ4n) is 1.98. The molecular formula is C17H20N2O3. The van der Waals surface area contributed by atoms with Gasteiger partial charge in [-0.3, -0.25) is 0 Å². The van der Waals surface area contributed by atoms with Crippen LogP contribution < -0.4 is 20.1 Å². The third-order valence-corrected chi connectivity index (χ3v) is 3.02. The number of urea groups is 1. The molecule has 0 bridgehead atoms. The van der Waals surface area contributed by atoms with Crippen LogP contribution in [0.1, 0.15) is 12.5 Å². The van der Waals surface area contributed by atoms with Crippen LogP contribution in [-0.2, 0) is 6.54 Å². The Morgan fingerprint density at radius 1 is 1.09 bits per heavy atom. The van der Waals surface area contributed by atoms with Crippen LogP contribution in [0, 0.1) is 0 Å². The quantitative estimate of drug-likeness (QED) is 0.859. The average molecular weight is 300 g/mol. The van der Waals surface area contributed by atoms with Gasteiger partial charge in [-0.25, -0.2) is 4.79 Å². The van der Waals surface area contributed by atoms with Crippen LogP contribution in [0.3, 0.4) is 0 Å². The molecule has 0 unspecified atom stereocenters. The van der Waals surface area contributed by atoms with E-state index in [0.717, 1.165) is 5.56 Å². The van der Waals surface area contributed by atoms with Crippen LogP contribution in [0.25, 0.3) is 0 Å². The second-order valence-electron chi connectivity index (χ2n) is 4.59. The van der Waals surface area contributed by atoms with E-state index in [1.807, 2.05) is 37.3 Å². The minimum atomic E-state index is -0.267. The predicted octanol–water partition coefficient (Wildman–Crippen LogP) is 3.42. The molecule has 116 valence electrons. The first kappa shape index (κ1) is 15.7. The first-order valence-corrected chi connectivity index (χ1v) is 7.12. The topological polar surface area (TPSA) is 59.6 Å². The van der Waals surface area contributed by atoms with Crippen molar-refractivity contribution in [2.75, 3.05) is 19.0 Å². The highest BCUT2D eigenvalue weighted by molar-refractivity contribution is 5.89. The average Bonchev–Trinajstić information content (AvgIpc) is 2.55. The van der Waals surface area contributed by atoms with Gasteiger partial charge in [0.25, 0.3) is 0 Å². The minimum absolute atomic E-state index is 0.267. The zero-order valence-corrected chi connectivity index (χ0v) is 12.8. The van der Waals surface area contributed by atoms with Crippen LogP contribution in [0.15, 0.2) is 48.5 Å². The molecule has 0 saturated heterocycles. The molecule has 0 saturated carbocycles. The molecule has 5 nitrogen and oxygen atoms in total. The third-order valence-electron chi connectivity index (χ3n) is 3.02. The van der Waals surface area contributed by atoms with Crippen molar-refractivity contribution < 1.29 is 14.3 Å². The first-order valence-electron chi connectivity index (χ1n) is 7.12. The Balaban J connectivity index is 1.95. The molecule has 22 heavy (non-hydrogen) atoms. The minimum Gasteiger partial charge on any atom is -0.493 e.